The van der Waals surface area contributed by atoms with Gasteiger partial charge >= 0.3 is 0 Å². The van der Waals surface area contributed by atoms with Gasteiger partial charge in [-0.15, -0.1) is 0 Å². The van der Waals surface area contributed by atoms with Gasteiger partial charge in [0, 0.05) is 6.04 Å². The van der Waals surface area contributed by atoms with Crippen LogP contribution in [0, 0.1) is 11.7 Å². The highest BCUT2D eigenvalue weighted by Gasteiger charge is 2.24. The van der Waals surface area contributed by atoms with Crippen LogP contribution in [0.1, 0.15) is 29.2 Å². The highest BCUT2D eigenvalue weighted by molar-refractivity contribution is 5.31. The average Bonchev–Trinajstić information content (AvgIpc) is 2.47. The van der Waals surface area contributed by atoms with Gasteiger partial charge in [-0.05, 0) is 54.0 Å². The van der Waals surface area contributed by atoms with Gasteiger partial charge in [0.15, 0.2) is 0 Å². The van der Waals surface area contributed by atoms with Gasteiger partial charge in [-0.1, -0.05) is 36.4 Å². The Balaban J connectivity index is 1.79. The zero-order valence-electron chi connectivity index (χ0n) is 10.9. The third-order valence-electron chi connectivity index (χ3n) is 4.15. The Morgan fingerprint density at radius 2 is 1.68 bits per heavy atom. The molecular formula is C17H18FN. The Bertz CT molecular complexity index is 562. The van der Waals surface area contributed by atoms with E-state index in [0.29, 0.717) is 5.92 Å². The largest absolute Gasteiger partial charge is 0.324 e. The fraction of sp³-hybridized carbons (Fsp3) is 0.294. The zero-order chi connectivity index (χ0) is 13.2. The summed E-state index contributed by atoms with van der Waals surface area (Å²) in [6.45, 7) is 0. The first kappa shape index (κ1) is 12.4. The standard InChI is InChI=1S/C17H18FN/c18-16-9-7-13(8-10-16)17(19)15-6-5-12-3-1-2-4-14(12)11-15/h1-4,7-10,15,17H,5-6,11,19H2. The average molecular weight is 255 g/mol. The van der Waals surface area contributed by atoms with Gasteiger partial charge in [-0.3, -0.25) is 0 Å². The fourth-order valence-corrected chi connectivity index (χ4v) is 2.99. The highest BCUT2D eigenvalue weighted by Crippen LogP contribution is 2.32. The van der Waals surface area contributed by atoms with E-state index in [1.54, 1.807) is 12.1 Å². The van der Waals surface area contributed by atoms with E-state index < -0.39 is 0 Å². The molecular weight excluding hydrogens is 237 g/mol. The molecule has 1 nitrogen and oxygen atoms in total. The normalized spacial score (nSPS) is 19.8. The first-order valence-electron chi connectivity index (χ1n) is 6.82. The van der Waals surface area contributed by atoms with Crippen LogP contribution in [0.4, 0.5) is 4.39 Å². The van der Waals surface area contributed by atoms with Crippen LogP contribution in [0.2, 0.25) is 0 Å². The molecule has 2 heteroatoms. The summed E-state index contributed by atoms with van der Waals surface area (Å²) < 4.78 is 12.9. The molecule has 0 aliphatic heterocycles. The molecule has 0 fully saturated rings. The number of halogens is 1. The Labute approximate surface area is 113 Å². The Morgan fingerprint density at radius 3 is 2.42 bits per heavy atom. The molecule has 0 saturated carbocycles. The number of hydrogen-bond acceptors (Lipinski definition) is 1. The molecule has 0 spiro atoms. The second-order valence-corrected chi connectivity index (χ2v) is 5.35. The van der Waals surface area contributed by atoms with Crippen molar-refractivity contribution in [2.75, 3.05) is 0 Å². The lowest BCUT2D eigenvalue weighted by Gasteiger charge is -2.29. The lowest BCUT2D eigenvalue weighted by molar-refractivity contribution is 0.382. The number of benzene rings is 2. The number of hydrogen-bond donors (Lipinski definition) is 1. The van der Waals surface area contributed by atoms with Crippen molar-refractivity contribution in [3.05, 3.63) is 71.0 Å². The van der Waals surface area contributed by atoms with Crippen LogP contribution in [0.25, 0.3) is 0 Å². The van der Waals surface area contributed by atoms with E-state index in [0.717, 1.165) is 24.8 Å². The first-order chi connectivity index (χ1) is 9.24. The zero-order valence-corrected chi connectivity index (χ0v) is 10.9. The Kier molecular flexibility index (Phi) is 3.34. The van der Waals surface area contributed by atoms with Crippen LogP contribution in [0.5, 0.6) is 0 Å². The van der Waals surface area contributed by atoms with Gasteiger partial charge in [-0.25, -0.2) is 4.39 Å². The molecule has 2 unspecified atom stereocenters. The van der Waals surface area contributed by atoms with E-state index in [1.807, 2.05) is 0 Å². The van der Waals surface area contributed by atoms with Gasteiger partial charge < -0.3 is 5.73 Å². The maximum atomic E-state index is 12.9. The molecule has 0 aromatic heterocycles. The molecule has 98 valence electrons. The minimum atomic E-state index is -0.204. The van der Waals surface area contributed by atoms with E-state index in [9.17, 15) is 4.39 Å². The molecule has 0 radical (unpaired) electrons. The minimum Gasteiger partial charge on any atom is -0.324 e. The number of aryl methyl sites for hydroxylation is 1. The fourth-order valence-electron chi connectivity index (χ4n) is 2.99. The van der Waals surface area contributed by atoms with Gasteiger partial charge in [-0.2, -0.15) is 0 Å². The molecule has 0 bridgehead atoms. The molecule has 1 aliphatic rings. The van der Waals surface area contributed by atoms with Crippen molar-refractivity contribution in [3.63, 3.8) is 0 Å². The SMILES string of the molecule is NC(c1ccc(F)cc1)C1CCc2ccccc2C1. The summed E-state index contributed by atoms with van der Waals surface area (Å²) in [5.41, 5.74) is 10.2. The van der Waals surface area contributed by atoms with Crippen molar-refractivity contribution in [1.29, 1.82) is 0 Å². The summed E-state index contributed by atoms with van der Waals surface area (Å²) in [4.78, 5) is 0. The van der Waals surface area contributed by atoms with Crippen LogP contribution in [-0.2, 0) is 12.8 Å². The maximum Gasteiger partial charge on any atom is 0.123 e. The second-order valence-electron chi connectivity index (χ2n) is 5.35. The molecule has 0 amide bonds. The molecule has 2 aromatic rings. The van der Waals surface area contributed by atoms with Crippen LogP contribution < -0.4 is 5.73 Å². The Morgan fingerprint density at radius 1 is 1.00 bits per heavy atom. The van der Waals surface area contributed by atoms with Crippen LogP contribution in [0.3, 0.4) is 0 Å². The molecule has 19 heavy (non-hydrogen) atoms. The van der Waals surface area contributed by atoms with Gasteiger partial charge in [0.1, 0.15) is 5.82 Å². The summed E-state index contributed by atoms with van der Waals surface area (Å²) >= 11 is 0. The van der Waals surface area contributed by atoms with E-state index in [2.05, 4.69) is 24.3 Å². The lowest BCUT2D eigenvalue weighted by Crippen LogP contribution is -2.27. The third-order valence-corrected chi connectivity index (χ3v) is 4.15. The summed E-state index contributed by atoms with van der Waals surface area (Å²) in [5.74, 6) is 0.241. The van der Waals surface area contributed by atoms with E-state index in [4.69, 9.17) is 5.73 Å². The second kappa shape index (κ2) is 5.14. The first-order valence-corrected chi connectivity index (χ1v) is 6.82. The molecule has 1 aliphatic carbocycles. The van der Waals surface area contributed by atoms with E-state index in [-0.39, 0.29) is 11.9 Å². The van der Waals surface area contributed by atoms with E-state index >= 15 is 0 Å². The summed E-state index contributed by atoms with van der Waals surface area (Å²) in [6.07, 6.45) is 3.22. The Hall–Kier alpha value is -1.67. The lowest BCUT2D eigenvalue weighted by atomic mass is 9.78. The highest BCUT2D eigenvalue weighted by atomic mass is 19.1. The van der Waals surface area contributed by atoms with Gasteiger partial charge in [0.05, 0.1) is 0 Å². The van der Waals surface area contributed by atoms with Crippen molar-refractivity contribution >= 4 is 0 Å². The van der Waals surface area contributed by atoms with Crippen LogP contribution >= 0.6 is 0 Å². The third kappa shape index (κ3) is 2.54. The topological polar surface area (TPSA) is 26.0 Å². The van der Waals surface area contributed by atoms with E-state index in [1.165, 1.54) is 23.3 Å². The molecule has 2 N–H and O–H groups in total. The summed E-state index contributed by atoms with van der Waals surface area (Å²) in [7, 11) is 0. The van der Waals surface area contributed by atoms with Crippen molar-refractivity contribution < 1.29 is 4.39 Å². The smallest absolute Gasteiger partial charge is 0.123 e. The summed E-state index contributed by atoms with van der Waals surface area (Å²) in [6, 6.07) is 15.2. The minimum absolute atomic E-state index is 0.00560. The van der Waals surface area contributed by atoms with Crippen molar-refractivity contribution in [3.8, 4) is 0 Å². The predicted molar refractivity (Wildman–Crippen MR) is 75.3 cm³/mol. The molecule has 2 atom stereocenters. The van der Waals surface area contributed by atoms with Crippen LogP contribution in [0.15, 0.2) is 48.5 Å². The predicted octanol–water partition coefficient (Wildman–Crippen LogP) is 3.63. The van der Waals surface area contributed by atoms with Crippen molar-refractivity contribution in [1.82, 2.24) is 0 Å². The number of fused-ring (bicyclic) bond motifs is 1. The monoisotopic (exact) mass is 255 g/mol. The van der Waals surface area contributed by atoms with Crippen molar-refractivity contribution in [2.45, 2.75) is 25.3 Å². The number of nitrogens with two attached hydrogens (primary N) is 1. The maximum absolute atomic E-state index is 12.9. The quantitative estimate of drug-likeness (QED) is 0.871. The van der Waals surface area contributed by atoms with Gasteiger partial charge in [0.2, 0.25) is 0 Å². The molecule has 0 heterocycles. The molecule has 0 saturated heterocycles. The van der Waals surface area contributed by atoms with Crippen molar-refractivity contribution in [2.24, 2.45) is 11.7 Å². The van der Waals surface area contributed by atoms with Crippen LogP contribution in [-0.4, -0.2) is 0 Å². The number of rotatable bonds is 2. The van der Waals surface area contributed by atoms with Gasteiger partial charge in [0.25, 0.3) is 0 Å². The molecule has 2 aromatic carbocycles. The molecule has 3 rings (SSSR count). The summed E-state index contributed by atoms with van der Waals surface area (Å²) in [5, 5.41) is 0.